The van der Waals surface area contributed by atoms with Crippen molar-refractivity contribution in [2.75, 3.05) is 6.54 Å². The Bertz CT molecular complexity index is 94.9. The maximum atomic E-state index is 3.86. The maximum Gasteiger partial charge on any atom is 0.0146 e. The monoisotopic (exact) mass is 141 g/mol. The molecule has 0 aliphatic carbocycles. The average Bonchev–Trinajstić information content (AvgIpc) is 1.87. The predicted octanol–water partition coefficient (Wildman–Crippen LogP) is 2.55. The molecular formula is C9H19N. The van der Waals surface area contributed by atoms with Crippen LogP contribution in [0.5, 0.6) is 0 Å². The Morgan fingerprint density at radius 2 is 2.10 bits per heavy atom. The molecule has 0 atom stereocenters. The van der Waals surface area contributed by atoms with Crippen LogP contribution in [-0.4, -0.2) is 6.54 Å². The first kappa shape index (κ1) is 9.54. The normalized spacial score (nSPS) is 10.0. The molecule has 1 nitrogen and oxygen atoms in total. The number of hydrogen-bond acceptors (Lipinski definition) is 1. The zero-order chi connectivity index (χ0) is 7.98. The molecule has 0 amide bonds. The van der Waals surface area contributed by atoms with E-state index in [0.29, 0.717) is 0 Å². The highest BCUT2D eigenvalue weighted by Crippen LogP contribution is 1.98. The SMILES string of the molecule is C=C(CC)NCCC(C)C. The molecular weight excluding hydrogens is 122 g/mol. The third-order valence-corrected chi connectivity index (χ3v) is 1.52. The van der Waals surface area contributed by atoms with Gasteiger partial charge in [0.05, 0.1) is 0 Å². The molecule has 0 rings (SSSR count). The van der Waals surface area contributed by atoms with Crippen LogP contribution in [0.4, 0.5) is 0 Å². The van der Waals surface area contributed by atoms with E-state index in [1.165, 1.54) is 6.42 Å². The van der Waals surface area contributed by atoms with Crippen LogP contribution < -0.4 is 5.32 Å². The van der Waals surface area contributed by atoms with Gasteiger partial charge in [-0.1, -0.05) is 27.4 Å². The quantitative estimate of drug-likeness (QED) is 0.620. The lowest BCUT2D eigenvalue weighted by Gasteiger charge is -2.08. The first-order valence-corrected chi connectivity index (χ1v) is 4.08. The molecule has 0 saturated heterocycles. The minimum Gasteiger partial charge on any atom is -0.389 e. The van der Waals surface area contributed by atoms with E-state index in [0.717, 1.165) is 24.6 Å². The van der Waals surface area contributed by atoms with E-state index in [9.17, 15) is 0 Å². The standard InChI is InChI=1S/C9H19N/c1-5-9(4)10-7-6-8(2)3/h8,10H,4-7H2,1-3H3. The lowest BCUT2D eigenvalue weighted by atomic mass is 10.1. The van der Waals surface area contributed by atoms with Crippen molar-refractivity contribution in [2.45, 2.75) is 33.6 Å². The zero-order valence-electron chi connectivity index (χ0n) is 7.41. The lowest BCUT2D eigenvalue weighted by molar-refractivity contribution is 0.560. The molecule has 0 fully saturated rings. The molecule has 0 aliphatic heterocycles. The number of hydrogen-bond donors (Lipinski definition) is 1. The van der Waals surface area contributed by atoms with Gasteiger partial charge in [-0.2, -0.15) is 0 Å². The minimum absolute atomic E-state index is 0.789. The topological polar surface area (TPSA) is 12.0 Å². The molecule has 0 aromatic carbocycles. The van der Waals surface area contributed by atoms with E-state index in [1.807, 2.05) is 0 Å². The summed E-state index contributed by atoms with van der Waals surface area (Å²) >= 11 is 0. The Morgan fingerprint density at radius 3 is 2.50 bits per heavy atom. The van der Waals surface area contributed by atoms with Crippen LogP contribution in [0.15, 0.2) is 12.3 Å². The number of nitrogens with one attached hydrogen (secondary N) is 1. The number of allylic oxidation sites excluding steroid dienone is 1. The fraction of sp³-hybridized carbons (Fsp3) is 0.778. The highest BCUT2D eigenvalue weighted by molar-refractivity contribution is 4.88. The van der Waals surface area contributed by atoms with Crippen molar-refractivity contribution in [3.63, 3.8) is 0 Å². The largest absolute Gasteiger partial charge is 0.389 e. The fourth-order valence-electron chi connectivity index (χ4n) is 0.663. The van der Waals surface area contributed by atoms with Gasteiger partial charge in [0, 0.05) is 12.2 Å². The molecule has 0 heterocycles. The zero-order valence-corrected chi connectivity index (χ0v) is 7.41. The van der Waals surface area contributed by atoms with Crippen LogP contribution in [-0.2, 0) is 0 Å². The highest BCUT2D eigenvalue weighted by Gasteiger charge is 1.92. The first-order valence-electron chi connectivity index (χ1n) is 4.08. The second kappa shape index (κ2) is 5.33. The molecule has 1 N–H and O–H groups in total. The van der Waals surface area contributed by atoms with Crippen LogP contribution in [0.2, 0.25) is 0 Å². The molecule has 10 heavy (non-hydrogen) atoms. The summed E-state index contributed by atoms with van der Waals surface area (Å²) in [4.78, 5) is 0. The molecule has 1 heteroatoms. The summed E-state index contributed by atoms with van der Waals surface area (Å²) in [5, 5.41) is 3.27. The smallest absolute Gasteiger partial charge is 0.0146 e. The van der Waals surface area contributed by atoms with Crippen LogP contribution in [0, 0.1) is 5.92 Å². The molecule has 0 bridgehead atoms. The van der Waals surface area contributed by atoms with Gasteiger partial charge in [-0.05, 0) is 18.8 Å². The summed E-state index contributed by atoms with van der Waals surface area (Å²) in [7, 11) is 0. The van der Waals surface area contributed by atoms with E-state index in [2.05, 4.69) is 32.7 Å². The van der Waals surface area contributed by atoms with Gasteiger partial charge in [0.25, 0.3) is 0 Å². The Kier molecular flexibility index (Phi) is 5.09. The second-order valence-electron chi connectivity index (χ2n) is 3.07. The second-order valence-corrected chi connectivity index (χ2v) is 3.07. The van der Waals surface area contributed by atoms with Gasteiger partial charge < -0.3 is 5.32 Å². The van der Waals surface area contributed by atoms with E-state index < -0.39 is 0 Å². The lowest BCUT2D eigenvalue weighted by Crippen LogP contribution is -2.14. The summed E-state index contributed by atoms with van der Waals surface area (Å²) in [6, 6.07) is 0. The van der Waals surface area contributed by atoms with Crippen molar-refractivity contribution in [1.82, 2.24) is 5.32 Å². The molecule has 0 radical (unpaired) electrons. The number of rotatable bonds is 5. The molecule has 0 aromatic heterocycles. The average molecular weight is 141 g/mol. The fourth-order valence-corrected chi connectivity index (χ4v) is 0.663. The van der Waals surface area contributed by atoms with Crippen LogP contribution in [0.3, 0.4) is 0 Å². The third kappa shape index (κ3) is 5.67. The summed E-state index contributed by atoms with van der Waals surface area (Å²) in [5.74, 6) is 0.789. The van der Waals surface area contributed by atoms with Crippen molar-refractivity contribution < 1.29 is 0 Å². The molecule has 0 spiro atoms. The van der Waals surface area contributed by atoms with Gasteiger partial charge in [-0.15, -0.1) is 0 Å². The molecule has 0 saturated carbocycles. The van der Waals surface area contributed by atoms with E-state index in [4.69, 9.17) is 0 Å². The van der Waals surface area contributed by atoms with Crippen molar-refractivity contribution in [3.05, 3.63) is 12.3 Å². The van der Waals surface area contributed by atoms with Gasteiger partial charge in [-0.25, -0.2) is 0 Å². The summed E-state index contributed by atoms with van der Waals surface area (Å²) in [5.41, 5.74) is 1.15. The van der Waals surface area contributed by atoms with E-state index in [-0.39, 0.29) is 0 Å². The molecule has 0 aromatic rings. The van der Waals surface area contributed by atoms with Gasteiger partial charge in [-0.3, -0.25) is 0 Å². The Morgan fingerprint density at radius 1 is 1.50 bits per heavy atom. The van der Waals surface area contributed by atoms with Crippen LogP contribution in [0.1, 0.15) is 33.6 Å². The van der Waals surface area contributed by atoms with Gasteiger partial charge in [0.1, 0.15) is 0 Å². The van der Waals surface area contributed by atoms with E-state index >= 15 is 0 Å². The Labute approximate surface area is 64.5 Å². The summed E-state index contributed by atoms with van der Waals surface area (Å²) < 4.78 is 0. The van der Waals surface area contributed by atoms with Crippen molar-refractivity contribution in [2.24, 2.45) is 5.92 Å². The first-order chi connectivity index (χ1) is 4.66. The summed E-state index contributed by atoms with van der Waals surface area (Å²) in [6.07, 6.45) is 2.27. The maximum absolute atomic E-state index is 3.86. The molecule has 0 unspecified atom stereocenters. The van der Waals surface area contributed by atoms with Crippen LogP contribution >= 0.6 is 0 Å². The molecule has 60 valence electrons. The van der Waals surface area contributed by atoms with Crippen LogP contribution in [0.25, 0.3) is 0 Å². The van der Waals surface area contributed by atoms with Gasteiger partial charge >= 0.3 is 0 Å². The summed E-state index contributed by atoms with van der Waals surface area (Å²) in [6.45, 7) is 11.5. The van der Waals surface area contributed by atoms with Crippen molar-refractivity contribution in [3.8, 4) is 0 Å². The Hall–Kier alpha value is -0.460. The van der Waals surface area contributed by atoms with Gasteiger partial charge in [0.15, 0.2) is 0 Å². The van der Waals surface area contributed by atoms with Gasteiger partial charge in [0.2, 0.25) is 0 Å². The third-order valence-electron chi connectivity index (χ3n) is 1.52. The molecule has 0 aliphatic rings. The van der Waals surface area contributed by atoms with E-state index in [1.54, 1.807) is 0 Å². The highest BCUT2D eigenvalue weighted by atomic mass is 14.9. The predicted molar refractivity (Wildman–Crippen MR) is 46.9 cm³/mol. The Balaban J connectivity index is 3.12. The van der Waals surface area contributed by atoms with Crippen molar-refractivity contribution in [1.29, 1.82) is 0 Å². The van der Waals surface area contributed by atoms with Crippen molar-refractivity contribution >= 4 is 0 Å². The minimum atomic E-state index is 0.789.